The predicted molar refractivity (Wildman–Crippen MR) is 93.5 cm³/mol. The molecule has 1 heterocycles. The Labute approximate surface area is 144 Å². The lowest BCUT2D eigenvalue weighted by molar-refractivity contribution is -0.384. The minimum absolute atomic E-state index is 0.0306. The molecule has 25 heavy (non-hydrogen) atoms. The molecule has 0 saturated carbocycles. The van der Waals surface area contributed by atoms with E-state index in [9.17, 15) is 10.1 Å². The van der Waals surface area contributed by atoms with Gasteiger partial charge in [-0.3, -0.25) is 10.1 Å². The van der Waals surface area contributed by atoms with Crippen molar-refractivity contribution in [3.8, 4) is 11.8 Å². The largest absolute Gasteiger partial charge is 0.365 e. The van der Waals surface area contributed by atoms with Crippen LogP contribution in [0.4, 0.5) is 11.4 Å². The van der Waals surface area contributed by atoms with Crippen LogP contribution in [0.2, 0.25) is 0 Å². The molecule has 0 bridgehead atoms. The van der Waals surface area contributed by atoms with Gasteiger partial charge >= 0.3 is 0 Å². The van der Waals surface area contributed by atoms with Gasteiger partial charge in [0.2, 0.25) is 0 Å². The molecule has 0 atom stereocenters. The maximum Gasteiger partial charge on any atom is 0.292 e. The summed E-state index contributed by atoms with van der Waals surface area (Å²) in [5, 5.41) is 24.6. The van der Waals surface area contributed by atoms with Crippen molar-refractivity contribution < 1.29 is 4.92 Å². The first-order valence-electron chi connectivity index (χ1n) is 7.57. The summed E-state index contributed by atoms with van der Waals surface area (Å²) < 4.78 is 1.75. The Morgan fingerprint density at radius 1 is 1.28 bits per heavy atom. The van der Waals surface area contributed by atoms with Crippen molar-refractivity contribution in [2.45, 2.75) is 6.54 Å². The van der Waals surface area contributed by atoms with Crippen LogP contribution >= 0.6 is 0 Å². The summed E-state index contributed by atoms with van der Waals surface area (Å²) in [4.78, 5) is 12.5. The minimum atomic E-state index is -0.444. The van der Waals surface area contributed by atoms with Crippen LogP contribution in [-0.4, -0.2) is 21.8 Å². The summed E-state index contributed by atoms with van der Waals surface area (Å²) in [7, 11) is 1.75. The minimum Gasteiger partial charge on any atom is -0.365 e. The molecule has 0 saturated heterocycles. The Bertz CT molecular complexity index is 944. The zero-order chi connectivity index (χ0) is 17.8. The lowest BCUT2D eigenvalue weighted by Gasteiger charge is -2.18. The van der Waals surface area contributed by atoms with Gasteiger partial charge in [-0.05, 0) is 24.3 Å². The van der Waals surface area contributed by atoms with Crippen molar-refractivity contribution in [1.29, 1.82) is 5.26 Å². The topological polar surface area (TPSA) is 88.0 Å². The molecule has 2 aromatic carbocycles. The average molecular weight is 333 g/mol. The first kappa shape index (κ1) is 16.2. The maximum atomic E-state index is 11.2. The van der Waals surface area contributed by atoms with Gasteiger partial charge in [0, 0.05) is 31.4 Å². The van der Waals surface area contributed by atoms with E-state index in [0.29, 0.717) is 17.8 Å². The monoisotopic (exact) mass is 333 g/mol. The Morgan fingerprint density at radius 3 is 2.72 bits per heavy atom. The molecule has 124 valence electrons. The molecule has 0 spiro atoms. The van der Waals surface area contributed by atoms with Gasteiger partial charge in [0.25, 0.3) is 5.69 Å². The highest BCUT2D eigenvalue weighted by atomic mass is 16.6. The van der Waals surface area contributed by atoms with E-state index in [2.05, 4.69) is 5.10 Å². The summed E-state index contributed by atoms with van der Waals surface area (Å²) in [6, 6.07) is 16.0. The van der Waals surface area contributed by atoms with E-state index in [1.807, 2.05) is 42.6 Å². The summed E-state index contributed by atoms with van der Waals surface area (Å²) in [6.07, 6.45) is 3.61. The number of benzene rings is 2. The third kappa shape index (κ3) is 3.48. The molecule has 0 aliphatic rings. The van der Waals surface area contributed by atoms with Crippen molar-refractivity contribution in [2.75, 3.05) is 11.9 Å². The Balaban J connectivity index is 1.86. The Morgan fingerprint density at radius 2 is 2.04 bits per heavy atom. The molecule has 0 radical (unpaired) electrons. The van der Waals surface area contributed by atoms with Crippen molar-refractivity contribution in [2.24, 2.45) is 0 Å². The van der Waals surface area contributed by atoms with E-state index in [-0.39, 0.29) is 5.69 Å². The van der Waals surface area contributed by atoms with Crippen molar-refractivity contribution >= 4 is 11.4 Å². The van der Waals surface area contributed by atoms with Gasteiger partial charge in [-0.15, -0.1) is 0 Å². The van der Waals surface area contributed by atoms with Crippen LogP contribution in [0, 0.1) is 21.4 Å². The lowest BCUT2D eigenvalue weighted by Crippen LogP contribution is -2.17. The number of nitro benzene ring substituents is 1. The third-order valence-electron chi connectivity index (χ3n) is 3.79. The van der Waals surface area contributed by atoms with Crippen LogP contribution < -0.4 is 4.90 Å². The molecule has 7 heteroatoms. The van der Waals surface area contributed by atoms with E-state index in [0.717, 1.165) is 11.3 Å². The summed E-state index contributed by atoms with van der Waals surface area (Å²) >= 11 is 0. The van der Waals surface area contributed by atoms with Gasteiger partial charge in [-0.1, -0.05) is 18.2 Å². The van der Waals surface area contributed by atoms with E-state index >= 15 is 0 Å². The third-order valence-corrected chi connectivity index (χ3v) is 3.79. The van der Waals surface area contributed by atoms with Crippen LogP contribution in [0.25, 0.3) is 5.69 Å². The van der Waals surface area contributed by atoms with Gasteiger partial charge in [-0.2, -0.15) is 10.4 Å². The fourth-order valence-electron chi connectivity index (χ4n) is 2.58. The number of rotatable bonds is 5. The smallest absolute Gasteiger partial charge is 0.292 e. The van der Waals surface area contributed by atoms with E-state index in [1.165, 1.54) is 18.2 Å². The Kier molecular flexibility index (Phi) is 4.44. The van der Waals surface area contributed by atoms with Gasteiger partial charge in [0.05, 0.1) is 28.4 Å². The summed E-state index contributed by atoms with van der Waals surface area (Å²) in [5.41, 5.74) is 2.60. The summed E-state index contributed by atoms with van der Waals surface area (Å²) in [5.74, 6) is 0. The standard InChI is InChI=1S/C18H15N5O2/c1-21(18-9-14(10-19)7-8-17(18)23(24)25)12-15-11-20-22(13-15)16-5-3-2-4-6-16/h2-9,11,13H,12H2,1H3. The highest BCUT2D eigenvalue weighted by Crippen LogP contribution is 2.29. The quantitative estimate of drug-likeness (QED) is 0.528. The number of hydrogen-bond acceptors (Lipinski definition) is 5. The maximum absolute atomic E-state index is 11.2. The molecule has 0 fully saturated rings. The molecule has 0 N–H and O–H groups in total. The fraction of sp³-hybridized carbons (Fsp3) is 0.111. The van der Waals surface area contributed by atoms with Crippen LogP contribution in [0.1, 0.15) is 11.1 Å². The van der Waals surface area contributed by atoms with Gasteiger partial charge in [0.15, 0.2) is 0 Å². The normalized spacial score (nSPS) is 10.2. The summed E-state index contributed by atoms with van der Waals surface area (Å²) in [6.45, 7) is 0.433. The molecule has 7 nitrogen and oxygen atoms in total. The van der Waals surface area contributed by atoms with Crippen LogP contribution in [0.15, 0.2) is 60.9 Å². The number of para-hydroxylation sites is 1. The van der Waals surface area contributed by atoms with Gasteiger partial charge < -0.3 is 4.90 Å². The van der Waals surface area contributed by atoms with E-state index in [1.54, 1.807) is 22.8 Å². The van der Waals surface area contributed by atoms with Crippen LogP contribution in [-0.2, 0) is 6.54 Å². The molecule has 3 aromatic rings. The number of nitrogens with zero attached hydrogens (tertiary/aromatic N) is 5. The molecule has 0 aliphatic carbocycles. The van der Waals surface area contributed by atoms with Gasteiger partial charge in [0.1, 0.15) is 5.69 Å². The predicted octanol–water partition coefficient (Wildman–Crippen LogP) is 3.29. The van der Waals surface area contributed by atoms with Gasteiger partial charge in [-0.25, -0.2) is 4.68 Å². The zero-order valence-corrected chi connectivity index (χ0v) is 13.5. The van der Waals surface area contributed by atoms with Crippen molar-refractivity contribution in [3.63, 3.8) is 0 Å². The molecular weight excluding hydrogens is 318 g/mol. The molecule has 3 rings (SSSR count). The number of nitriles is 1. The zero-order valence-electron chi connectivity index (χ0n) is 13.5. The SMILES string of the molecule is CN(Cc1cnn(-c2ccccc2)c1)c1cc(C#N)ccc1[N+](=O)[O-]. The molecule has 0 unspecified atom stereocenters. The number of anilines is 1. The number of hydrogen-bond donors (Lipinski definition) is 0. The second-order valence-corrected chi connectivity index (χ2v) is 5.56. The number of aromatic nitrogens is 2. The molecule has 1 aromatic heterocycles. The number of nitro groups is 1. The highest BCUT2D eigenvalue weighted by molar-refractivity contribution is 5.65. The first-order valence-corrected chi connectivity index (χ1v) is 7.57. The van der Waals surface area contributed by atoms with Crippen LogP contribution in [0.3, 0.4) is 0 Å². The lowest BCUT2D eigenvalue weighted by atomic mass is 10.1. The second kappa shape index (κ2) is 6.84. The first-order chi connectivity index (χ1) is 12.1. The molecule has 0 aliphatic heterocycles. The van der Waals surface area contributed by atoms with Crippen molar-refractivity contribution in [3.05, 3.63) is 82.2 Å². The van der Waals surface area contributed by atoms with Crippen LogP contribution in [0.5, 0.6) is 0 Å². The average Bonchev–Trinajstić information content (AvgIpc) is 3.10. The second-order valence-electron chi connectivity index (χ2n) is 5.56. The molecule has 0 amide bonds. The van der Waals surface area contributed by atoms with E-state index in [4.69, 9.17) is 5.26 Å². The fourth-order valence-corrected chi connectivity index (χ4v) is 2.58. The Hall–Kier alpha value is -3.66. The van der Waals surface area contributed by atoms with E-state index < -0.39 is 4.92 Å². The molecular formula is C18H15N5O2. The van der Waals surface area contributed by atoms with Crippen molar-refractivity contribution in [1.82, 2.24) is 9.78 Å². The highest BCUT2D eigenvalue weighted by Gasteiger charge is 2.18.